The molecule has 6 nitrogen and oxygen atoms in total. The first-order valence-corrected chi connectivity index (χ1v) is 5.29. The Labute approximate surface area is 92.7 Å². The molecule has 0 aromatic carbocycles. The molecule has 86 valence electrons. The van der Waals surface area contributed by atoms with Crippen LogP contribution in [0.15, 0.2) is 21.7 Å². The SMILES string of the molecule is O=[N+]([O-])c1ccc(/C=N/N2CCCCC2)o1. The van der Waals surface area contributed by atoms with E-state index in [0.29, 0.717) is 5.76 Å². The number of nitro groups is 1. The van der Waals surface area contributed by atoms with Crippen molar-refractivity contribution in [1.29, 1.82) is 0 Å². The van der Waals surface area contributed by atoms with Gasteiger partial charge < -0.3 is 4.42 Å². The molecule has 0 bridgehead atoms. The van der Waals surface area contributed by atoms with Crippen molar-refractivity contribution in [2.24, 2.45) is 5.10 Å². The maximum Gasteiger partial charge on any atom is 0.433 e. The molecular weight excluding hydrogens is 210 g/mol. The van der Waals surface area contributed by atoms with Gasteiger partial charge >= 0.3 is 5.88 Å². The highest BCUT2D eigenvalue weighted by atomic mass is 16.6. The summed E-state index contributed by atoms with van der Waals surface area (Å²) in [5, 5.41) is 16.6. The molecule has 1 saturated heterocycles. The monoisotopic (exact) mass is 223 g/mol. The van der Waals surface area contributed by atoms with Gasteiger partial charge in [-0.2, -0.15) is 5.10 Å². The number of hydrogen-bond donors (Lipinski definition) is 0. The largest absolute Gasteiger partial charge is 0.433 e. The zero-order valence-electron chi connectivity index (χ0n) is 8.83. The summed E-state index contributed by atoms with van der Waals surface area (Å²) in [6, 6.07) is 2.88. The van der Waals surface area contributed by atoms with Crippen LogP contribution >= 0.6 is 0 Å². The Kier molecular flexibility index (Phi) is 3.19. The molecular formula is C10H13N3O3. The molecule has 0 aliphatic carbocycles. The molecule has 0 saturated carbocycles. The van der Waals surface area contributed by atoms with Gasteiger partial charge in [0.25, 0.3) is 0 Å². The van der Waals surface area contributed by atoms with Crippen LogP contribution in [0.5, 0.6) is 0 Å². The summed E-state index contributed by atoms with van der Waals surface area (Å²) in [5.74, 6) is 0.164. The van der Waals surface area contributed by atoms with Crippen LogP contribution in [0.2, 0.25) is 0 Å². The normalized spacial score (nSPS) is 16.9. The molecule has 1 aliphatic rings. The van der Waals surface area contributed by atoms with E-state index < -0.39 is 4.92 Å². The molecule has 1 aliphatic heterocycles. The number of nitrogens with zero attached hydrogens (tertiary/aromatic N) is 3. The van der Waals surface area contributed by atoms with Crippen LogP contribution in [-0.4, -0.2) is 29.2 Å². The Morgan fingerprint density at radius 3 is 2.75 bits per heavy atom. The second-order valence-corrected chi connectivity index (χ2v) is 3.69. The van der Waals surface area contributed by atoms with E-state index in [1.165, 1.54) is 18.7 Å². The third-order valence-corrected chi connectivity index (χ3v) is 2.47. The summed E-state index contributed by atoms with van der Waals surface area (Å²) in [7, 11) is 0. The van der Waals surface area contributed by atoms with Gasteiger partial charge in [-0.05, 0) is 25.3 Å². The van der Waals surface area contributed by atoms with Crippen molar-refractivity contribution < 1.29 is 9.34 Å². The number of furan rings is 1. The van der Waals surface area contributed by atoms with Gasteiger partial charge in [0, 0.05) is 13.1 Å². The van der Waals surface area contributed by atoms with Crippen LogP contribution < -0.4 is 0 Å². The van der Waals surface area contributed by atoms with Gasteiger partial charge in [0.15, 0.2) is 5.76 Å². The van der Waals surface area contributed by atoms with Crippen molar-refractivity contribution in [3.05, 3.63) is 28.0 Å². The lowest BCUT2D eigenvalue weighted by Gasteiger charge is -2.22. The molecule has 0 spiro atoms. The van der Waals surface area contributed by atoms with Gasteiger partial charge in [-0.15, -0.1) is 0 Å². The van der Waals surface area contributed by atoms with Crippen LogP contribution in [0.3, 0.4) is 0 Å². The highest BCUT2D eigenvalue weighted by Crippen LogP contribution is 2.14. The third kappa shape index (κ3) is 2.59. The summed E-state index contributed by atoms with van der Waals surface area (Å²) in [4.78, 5) is 9.82. The quantitative estimate of drug-likeness (QED) is 0.446. The third-order valence-electron chi connectivity index (χ3n) is 2.47. The minimum atomic E-state index is -0.557. The minimum absolute atomic E-state index is 0.250. The first-order chi connectivity index (χ1) is 7.75. The summed E-state index contributed by atoms with van der Waals surface area (Å²) >= 11 is 0. The predicted molar refractivity (Wildman–Crippen MR) is 58.4 cm³/mol. The van der Waals surface area contributed by atoms with Crippen LogP contribution in [0.1, 0.15) is 25.0 Å². The fourth-order valence-electron chi connectivity index (χ4n) is 1.64. The highest BCUT2D eigenvalue weighted by Gasteiger charge is 2.11. The molecule has 1 aromatic rings. The number of rotatable bonds is 3. The number of piperidine rings is 1. The van der Waals surface area contributed by atoms with Crippen LogP contribution in [0.4, 0.5) is 5.88 Å². The standard InChI is InChI=1S/C10H13N3O3/c14-13(15)10-5-4-9(16-10)8-11-12-6-2-1-3-7-12/h4-5,8H,1-3,6-7H2/b11-8+. The topological polar surface area (TPSA) is 71.9 Å². The number of hydrazone groups is 1. The molecule has 0 atom stereocenters. The first-order valence-electron chi connectivity index (χ1n) is 5.29. The van der Waals surface area contributed by atoms with Crippen LogP contribution in [-0.2, 0) is 0 Å². The van der Waals surface area contributed by atoms with E-state index in [1.54, 1.807) is 6.07 Å². The second-order valence-electron chi connectivity index (χ2n) is 3.69. The van der Waals surface area contributed by atoms with Crippen molar-refractivity contribution in [2.75, 3.05) is 13.1 Å². The van der Waals surface area contributed by atoms with E-state index in [4.69, 9.17) is 4.42 Å². The van der Waals surface area contributed by atoms with Gasteiger partial charge in [-0.3, -0.25) is 15.1 Å². The molecule has 2 rings (SSSR count). The maximum atomic E-state index is 10.4. The molecule has 1 fully saturated rings. The highest BCUT2D eigenvalue weighted by molar-refractivity contribution is 5.75. The van der Waals surface area contributed by atoms with E-state index in [-0.39, 0.29) is 5.88 Å². The Bertz CT molecular complexity index is 394. The number of hydrogen-bond acceptors (Lipinski definition) is 5. The van der Waals surface area contributed by atoms with E-state index in [0.717, 1.165) is 25.9 Å². The molecule has 16 heavy (non-hydrogen) atoms. The van der Waals surface area contributed by atoms with Gasteiger partial charge in [-0.25, -0.2) is 0 Å². The molecule has 6 heteroatoms. The van der Waals surface area contributed by atoms with Gasteiger partial charge in [0.1, 0.15) is 4.92 Å². The Hall–Kier alpha value is -1.85. The minimum Gasteiger partial charge on any atom is -0.400 e. The lowest BCUT2D eigenvalue weighted by Crippen LogP contribution is -2.24. The van der Waals surface area contributed by atoms with Gasteiger partial charge in [0.2, 0.25) is 0 Å². The van der Waals surface area contributed by atoms with Crippen LogP contribution in [0.25, 0.3) is 0 Å². The fraction of sp³-hybridized carbons (Fsp3) is 0.500. The average Bonchev–Trinajstić information content (AvgIpc) is 2.76. The summed E-state index contributed by atoms with van der Waals surface area (Å²) in [6.07, 6.45) is 5.07. The van der Waals surface area contributed by atoms with Crippen molar-refractivity contribution in [3.8, 4) is 0 Å². The second kappa shape index (κ2) is 4.78. The molecule has 0 N–H and O–H groups in total. The first kappa shape index (κ1) is 10.7. The molecule has 0 radical (unpaired) electrons. The molecule has 2 heterocycles. The van der Waals surface area contributed by atoms with Crippen molar-refractivity contribution in [3.63, 3.8) is 0 Å². The van der Waals surface area contributed by atoms with E-state index in [1.807, 2.05) is 5.01 Å². The predicted octanol–water partition coefficient (Wildman–Crippen LogP) is 2.01. The lowest BCUT2D eigenvalue weighted by molar-refractivity contribution is -0.402. The van der Waals surface area contributed by atoms with E-state index >= 15 is 0 Å². The van der Waals surface area contributed by atoms with Crippen molar-refractivity contribution >= 4 is 12.1 Å². The summed E-state index contributed by atoms with van der Waals surface area (Å²) in [6.45, 7) is 1.89. The Morgan fingerprint density at radius 2 is 2.12 bits per heavy atom. The van der Waals surface area contributed by atoms with E-state index in [2.05, 4.69) is 5.10 Å². The zero-order valence-corrected chi connectivity index (χ0v) is 8.83. The molecule has 1 aromatic heterocycles. The zero-order chi connectivity index (χ0) is 11.4. The maximum absolute atomic E-state index is 10.4. The smallest absolute Gasteiger partial charge is 0.400 e. The summed E-state index contributed by atoms with van der Waals surface area (Å²) < 4.78 is 4.96. The fourth-order valence-corrected chi connectivity index (χ4v) is 1.64. The van der Waals surface area contributed by atoms with E-state index in [9.17, 15) is 10.1 Å². The van der Waals surface area contributed by atoms with Crippen molar-refractivity contribution in [1.82, 2.24) is 5.01 Å². The van der Waals surface area contributed by atoms with Crippen molar-refractivity contribution in [2.45, 2.75) is 19.3 Å². The Morgan fingerprint density at radius 1 is 1.38 bits per heavy atom. The van der Waals surface area contributed by atoms with Gasteiger partial charge in [-0.1, -0.05) is 0 Å². The molecule has 0 amide bonds. The van der Waals surface area contributed by atoms with Gasteiger partial charge in [0.05, 0.1) is 12.3 Å². The molecule has 0 unspecified atom stereocenters. The summed E-state index contributed by atoms with van der Waals surface area (Å²) in [5.41, 5.74) is 0. The van der Waals surface area contributed by atoms with Crippen LogP contribution in [0, 0.1) is 10.1 Å². The Balaban J connectivity index is 1.96. The average molecular weight is 223 g/mol. The lowest BCUT2D eigenvalue weighted by atomic mass is 10.2.